The molecule has 1 aliphatic rings. The quantitative estimate of drug-likeness (QED) is 0.424. The number of hydrogen-bond acceptors (Lipinski definition) is 3. The molecular weight excluding hydrogens is 378 g/mol. The molecule has 7 nitrogen and oxygen atoms in total. The number of carbonyl (C=O) groups excluding carboxylic acids is 2. The van der Waals surface area contributed by atoms with Gasteiger partial charge in [0.25, 0.3) is 0 Å². The second kappa shape index (κ2) is 10.9. The first-order valence-electron chi connectivity index (χ1n) is 9.66. The Morgan fingerprint density at radius 1 is 1.11 bits per heavy atom. The zero-order valence-electron chi connectivity index (χ0n) is 16.9. The molecule has 2 amide bonds. The Morgan fingerprint density at radius 3 is 2.36 bits per heavy atom. The first-order valence-corrected chi connectivity index (χ1v) is 10.0. The number of halogens is 1. The van der Waals surface area contributed by atoms with Crippen molar-refractivity contribution in [1.82, 2.24) is 20.4 Å². The minimum absolute atomic E-state index is 0.0168. The highest BCUT2D eigenvalue weighted by Crippen LogP contribution is 2.13. The molecule has 1 saturated heterocycles. The highest BCUT2D eigenvalue weighted by molar-refractivity contribution is 6.30. The van der Waals surface area contributed by atoms with Crippen LogP contribution in [0.5, 0.6) is 0 Å². The molecule has 8 heteroatoms. The Kier molecular flexibility index (Phi) is 8.57. The summed E-state index contributed by atoms with van der Waals surface area (Å²) >= 11 is 5.99. The standard InChI is InChI=1S/C20H30ClN5O2/c1-15(2)19(28)23-7-8-24-20(22-3)26-11-9-25(10-12-26)18(27)14-16-5-4-6-17(21)13-16/h4-6,13,15H,7-12,14H2,1-3H3,(H,22,24)(H,23,28). The summed E-state index contributed by atoms with van der Waals surface area (Å²) in [4.78, 5) is 32.4. The van der Waals surface area contributed by atoms with Crippen LogP contribution in [0.2, 0.25) is 5.02 Å². The van der Waals surface area contributed by atoms with Crippen molar-refractivity contribution in [3.63, 3.8) is 0 Å². The fraction of sp³-hybridized carbons (Fsp3) is 0.550. The van der Waals surface area contributed by atoms with E-state index in [1.165, 1.54) is 0 Å². The van der Waals surface area contributed by atoms with Crippen molar-refractivity contribution in [2.75, 3.05) is 46.3 Å². The number of amides is 2. The molecule has 1 aromatic rings. The van der Waals surface area contributed by atoms with Gasteiger partial charge in [0.2, 0.25) is 11.8 Å². The van der Waals surface area contributed by atoms with E-state index in [1.807, 2.05) is 36.9 Å². The fourth-order valence-electron chi connectivity index (χ4n) is 3.00. The van der Waals surface area contributed by atoms with E-state index in [0.717, 1.165) is 24.6 Å². The summed E-state index contributed by atoms with van der Waals surface area (Å²) in [5.41, 5.74) is 0.931. The number of rotatable bonds is 6. The Bertz CT molecular complexity index is 700. The third kappa shape index (κ3) is 6.71. The zero-order valence-corrected chi connectivity index (χ0v) is 17.6. The van der Waals surface area contributed by atoms with Gasteiger partial charge in [-0.3, -0.25) is 14.6 Å². The average Bonchev–Trinajstić information content (AvgIpc) is 2.68. The van der Waals surface area contributed by atoms with E-state index < -0.39 is 0 Å². The summed E-state index contributed by atoms with van der Waals surface area (Å²) in [6.45, 7) is 7.66. The Labute approximate surface area is 172 Å². The van der Waals surface area contributed by atoms with Crippen molar-refractivity contribution >= 4 is 29.4 Å². The molecule has 28 heavy (non-hydrogen) atoms. The summed E-state index contributed by atoms with van der Waals surface area (Å²) in [7, 11) is 1.74. The topological polar surface area (TPSA) is 77.0 Å². The number of carbonyl (C=O) groups is 2. The van der Waals surface area contributed by atoms with Crippen LogP contribution in [0.25, 0.3) is 0 Å². The first-order chi connectivity index (χ1) is 13.4. The molecule has 0 spiro atoms. The molecule has 1 heterocycles. The van der Waals surface area contributed by atoms with Crippen LogP contribution in [0.4, 0.5) is 0 Å². The fourth-order valence-corrected chi connectivity index (χ4v) is 3.21. The maximum absolute atomic E-state index is 12.5. The molecule has 2 N–H and O–H groups in total. The highest BCUT2D eigenvalue weighted by atomic mass is 35.5. The van der Waals surface area contributed by atoms with Gasteiger partial charge in [-0.15, -0.1) is 0 Å². The van der Waals surface area contributed by atoms with Crippen LogP contribution in [0.15, 0.2) is 29.3 Å². The van der Waals surface area contributed by atoms with Gasteiger partial charge in [-0.25, -0.2) is 0 Å². The Hall–Kier alpha value is -2.28. The van der Waals surface area contributed by atoms with E-state index in [2.05, 4.69) is 20.5 Å². The summed E-state index contributed by atoms with van der Waals surface area (Å²) < 4.78 is 0. The monoisotopic (exact) mass is 407 g/mol. The molecule has 154 valence electrons. The van der Waals surface area contributed by atoms with Crippen LogP contribution in [0.3, 0.4) is 0 Å². The van der Waals surface area contributed by atoms with Gasteiger partial charge in [0.15, 0.2) is 5.96 Å². The smallest absolute Gasteiger partial charge is 0.227 e. The van der Waals surface area contributed by atoms with Crippen molar-refractivity contribution in [2.45, 2.75) is 20.3 Å². The third-order valence-electron chi connectivity index (χ3n) is 4.62. The van der Waals surface area contributed by atoms with E-state index in [-0.39, 0.29) is 17.7 Å². The molecule has 0 unspecified atom stereocenters. The number of hydrogen-bond donors (Lipinski definition) is 2. The minimum atomic E-state index is -0.0168. The third-order valence-corrected chi connectivity index (χ3v) is 4.85. The lowest BCUT2D eigenvalue weighted by Crippen LogP contribution is -2.54. The SMILES string of the molecule is CN=C(NCCNC(=O)C(C)C)N1CCN(C(=O)Cc2cccc(Cl)c2)CC1. The van der Waals surface area contributed by atoms with Crippen LogP contribution in [-0.2, 0) is 16.0 Å². The van der Waals surface area contributed by atoms with Gasteiger partial charge in [-0.05, 0) is 17.7 Å². The van der Waals surface area contributed by atoms with Crippen molar-refractivity contribution in [3.05, 3.63) is 34.9 Å². The van der Waals surface area contributed by atoms with Crippen LogP contribution >= 0.6 is 11.6 Å². The predicted molar refractivity (Wildman–Crippen MR) is 113 cm³/mol. The van der Waals surface area contributed by atoms with Crippen LogP contribution < -0.4 is 10.6 Å². The zero-order chi connectivity index (χ0) is 20.5. The van der Waals surface area contributed by atoms with Gasteiger partial charge in [-0.1, -0.05) is 37.6 Å². The summed E-state index contributed by atoms with van der Waals surface area (Å²) in [5.74, 6) is 0.933. The van der Waals surface area contributed by atoms with Crippen molar-refractivity contribution in [2.24, 2.45) is 10.9 Å². The number of nitrogens with zero attached hydrogens (tertiary/aromatic N) is 3. The van der Waals surface area contributed by atoms with E-state index in [1.54, 1.807) is 13.1 Å². The summed E-state index contributed by atoms with van der Waals surface area (Å²) in [5, 5.41) is 6.79. The van der Waals surface area contributed by atoms with Gasteiger partial charge < -0.3 is 20.4 Å². The largest absolute Gasteiger partial charge is 0.354 e. The Balaban J connectivity index is 1.75. The second-order valence-corrected chi connectivity index (χ2v) is 7.53. The maximum Gasteiger partial charge on any atom is 0.227 e. The molecule has 0 atom stereocenters. The molecular formula is C20H30ClN5O2. The van der Waals surface area contributed by atoms with Gasteiger partial charge in [0, 0.05) is 57.3 Å². The van der Waals surface area contributed by atoms with E-state index in [9.17, 15) is 9.59 Å². The predicted octanol–water partition coefficient (Wildman–Crippen LogP) is 1.37. The number of guanidine groups is 1. The number of piperazine rings is 1. The van der Waals surface area contributed by atoms with Crippen molar-refractivity contribution < 1.29 is 9.59 Å². The molecule has 0 aromatic heterocycles. The molecule has 0 aliphatic carbocycles. The minimum Gasteiger partial charge on any atom is -0.354 e. The van der Waals surface area contributed by atoms with Crippen molar-refractivity contribution in [3.8, 4) is 0 Å². The first kappa shape index (κ1) is 22.0. The molecule has 1 fully saturated rings. The number of nitrogens with one attached hydrogen (secondary N) is 2. The van der Waals surface area contributed by atoms with Crippen molar-refractivity contribution in [1.29, 1.82) is 0 Å². The molecule has 0 radical (unpaired) electrons. The number of aliphatic imine (C=N–C) groups is 1. The van der Waals surface area contributed by atoms with Crippen LogP contribution in [0, 0.1) is 5.92 Å². The van der Waals surface area contributed by atoms with Gasteiger partial charge in [0.05, 0.1) is 6.42 Å². The highest BCUT2D eigenvalue weighted by Gasteiger charge is 2.23. The molecule has 2 rings (SSSR count). The van der Waals surface area contributed by atoms with E-state index in [0.29, 0.717) is 37.6 Å². The maximum atomic E-state index is 12.5. The molecule has 0 saturated carbocycles. The molecule has 1 aromatic carbocycles. The molecule has 0 bridgehead atoms. The average molecular weight is 408 g/mol. The van der Waals surface area contributed by atoms with Gasteiger partial charge in [0.1, 0.15) is 0 Å². The lowest BCUT2D eigenvalue weighted by atomic mass is 10.1. The van der Waals surface area contributed by atoms with E-state index >= 15 is 0 Å². The molecule has 1 aliphatic heterocycles. The summed E-state index contributed by atoms with van der Waals surface area (Å²) in [6, 6.07) is 7.42. The summed E-state index contributed by atoms with van der Waals surface area (Å²) in [6.07, 6.45) is 0.364. The lowest BCUT2D eigenvalue weighted by Gasteiger charge is -2.36. The second-order valence-electron chi connectivity index (χ2n) is 7.09. The van der Waals surface area contributed by atoms with Crippen LogP contribution in [0.1, 0.15) is 19.4 Å². The van der Waals surface area contributed by atoms with Gasteiger partial charge >= 0.3 is 0 Å². The number of benzene rings is 1. The Morgan fingerprint density at radius 2 is 1.75 bits per heavy atom. The van der Waals surface area contributed by atoms with Gasteiger partial charge in [-0.2, -0.15) is 0 Å². The lowest BCUT2D eigenvalue weighted by molar-refractivity contribution is -0.131. The normalized spacial score (nSPS) is 15.0. The van der Waals surface area contributed by atoms with Crippen LogP contribution in [-0.4, -0.2) is 73.9 Å². The van der Waals surface area contributed by atoms with E-state index in [4.69, 9.17) is 11.6 Å².